The summed E-state index contributed by atoms with van der Waals surface area (Å²) in [5, 5.41) is 12.4. The Morgan fingerprint density at radius 2 is 2.13 bits per heavy atom. The van der Waals surface area contributed by atoms with Gasteiger partial charge in [0, 0.05) is 31.1 Å². The molecule has 0 radical (unpaired) electrons. The maximum Gasteiger partial charge on any atom is 0.0471 e. The standard InChI is InChI=1S/C12H20N2O/c1-9(8-15)11(3)14-7-12-5-4-10(2)13-6-12/h4-6,9,11,14-15H,7-8H2,1-3H3. The average molecular weight is 208 g/mol. The lowest BCUT2D eigenvalue weighted by Crippen LogP contribution is -2.33. The predicted molar refractivity (Wildman–Crippen MR) is 61.5 cm³/mol. The molecule has 0 saturated heterocycles. The maximum atomic E-state index is 8.99. The molecule has 0 saturated carbocycles. The fourth-order valence-corrected chi connectivity index (χ4v) is 1.24. The third kappa shape index (κ3) is 3.98. The molecule has 0 spiro atoms. The lowest BCUT2D eigenvalue weighted by molar-refractivity contribution is 0.207. The summed E-state index contributed by atoms with van der Waals surface area (Å²) >= 11 is 0. The van der Waals surface area contributed by atoms with Crippen molar-refractivity contribution in [1.82, 2.24) is 10.3 Å². The van der Waals surface area contributed by atoms with Crippen molar-refractivity contribution < 1.29 is 5.11 Å². The lowest BCUT2D eigenvalue weighted by atomic mass is 10.1. The molecule has 0 fully saturated rings. The summed E-state index contributed by atoms with van der Waals surface area (Å²) in [6.07, 6.45) is 1.89. The molecule has 0 aliphatic heterocycles. The fourth-order valence-electron chi connectivity index (χ4n) is 1.24. The average Bonchev–Trinajstić information content (AvgIpc) is 2.26. The summed E-state index contributed by atoms with van der Waals surface area (Å²) in [7, 11) is 0. The third-order valence-electron chi connectivity index (χ3n) is 2.74. The fraction of sp³-hybridized carbons (Fsp3) is 0.583. The van der Waals surface area contributed by atoms with Crippen LogP contribution in [0, 0.1) is 12.8 Å². The molecule has 2 N–H and O–H groups in total. The number of aliphatic hydroxyl groups excluding tert-OH is 1. The van der Waals surface area contributed by atoms with Gasteiger partial charge in [0.15, 0.2) is 0 Å². The minimum absolute atomic E-state index is 0.223. The van der Waals surface area contributed by atoms with Crippen LogP contribution in [0.2, 0.25) is 0 Å². The molecule has 0 bridgehead atoms. The van der Waals surface area contributed by atoms with E-state index in [0.29, 0.717) is 6.04 Å². The van der Waals surface area contributed by atoms with Crippen LogP contribution in [0.25, 0.3) is 0 Å². The van der Waals surface area contributed by atoms with Crippen LogP contribution >= 0.6 is 0 Å². The molecule has 3 heteroatoms. The van der Waals surface area contributed by atoms with E-state index in [0.717, 1.165) is 12.2 Å². The molecule has 15 heavy (non-hydrogen) atoms. The zero-order valence-corrected chi connectivity index (χ0v) is 9.70. The molecule has 3 nitrogen and oxygen atoms in total. The Hall–Kier alpha value is -0.930. The topological polar surface area (TPSA) is 45.1 Å². The Morgan fingerprint density at radius 3 is 2.67 bits per heavy atom. The van der Waals surface area contributed by atoms with E-state index in [1.54, 1.807) is 0 Å². The molecule has 2 atom stereocenters. The molecule has 0 aliphatic carbocycles. The van der Waals surface area contributed by atoms with E-state index >= 15 is 0 Å². The van der Waals surface area contributed by atoms with Crippen LogP contribution in [-0.2, 0) is 6.54 Å². The first kappa shape index (κ1) is 12.1. The van der Waals surface area contributed by atoms with Crippen LogP contribution in [-0.4, -0.2) is 22.7 Å². The molecule has 0 aliphatic rings. The van der Waals surface area contributed by atoms with Gasteiger partial charge in [-0.25, -0.2) is 0 Å². The molecule has 2 unspecified atom stereocenters. The number of hydrogen-bond donors (Lipinski definition) is 2. The van der Waals surface area contributed by atoms with Crippen molar-refractivity contribution in [1.29, 1.82) is 0 Å². The number of nitrogens with zero attached hydrogens (tertiary/aromatic N) is 1. The number of nitrogens with one attached hydrogen (secondary N) is 1. The number of aliphatic hydroxyl groups is 1. The van der Waals surface area contributed by atoms with Crippen LogP contribution in [0.3, 0.4) is 0 Å². The van der Waals surface area contributed by atoms with Gasteiger partial charge in [0.25, 0.3) is 0 Å². The Bertz CT molecular complexity index is 284. The van der Waals surface area contributed by atoms with E-state index in [-0.39, 0.29) is 12.5 Å². The van der Waals surface area contributed by atoms with Gasteiger partial charge in [-0.2, -0.15) is 0 Å². The van der Waals surface area contributed by atoms with Gasteiger partial charge in [-0.3, -0.25) is 4.98 Å². The molecule has 0 aromatic carbocycles. The lowest BCUT2D eigenvalue weighted by Gasteiger charge is -2.19. The quantitative estimate of drug-likeness (QED) is 0.770. The minimum Gasteiger partial charge on any atom is -0.396 e. The predicted octanol–water partition coefficient (Wildman–Crippen LogP) is 1.50. The first-order chi connectivity index (χ1) is 7.13. The van der Waals surface area contributed by atoms with E-state index in [4.69, 9.17) is 5.11 Å². The Labute approximate surface area is 91.5 Å². The van der Waals surface area contributed by atoms with Gasteiger partial charge in [0.2, 0.25) is 0 Å². The zero-order chi connectivity index (χ0) is 11.3. The molecule has 1 aromatic heterocycles. The Balaban J connectivity index is 2.40. The number of rotatable bonds is 5. The van der Waals surface area contributed by atoms with Crippen molar-refractivity contribution in [3.63, 3.8) is 0 Å². The van der Waals surface area contributed by atoms with Crippen molar-refractivity contribution in [2.45, 2.75) is 33.4 Å². The van der Waals surface area contributed by atoms with Crippen molar-refractivity contribution >= 4 is 0 Å². The third-order valence-corrected chi connectivity index (χ3v) is 2.74. The summed E-state index contributed by atoms with van der Waals surface area (Å²) in [4.78, 5) is 4.23. The molecule has 1 aromatic rings. The number of aryl methyl sites for hydroxylation is 1. The van der Waals surface area contributed by atoms with Crippen LogP contribution in [0.4, 0.5) is 0 Å². The van der Waals surface area contributed by atoms with Crippen LogP contribution in [0.15, 0.2) is 18.3 Å². The van der Waals surface area contributed by atoms with E-state index in [1.807, 2.05) is 26.1 Å². The van der Waals surface area contributed by atoms with Crippen molar-refractivity contribution in [2.24, 2.45) is 5.92 Å². The smallest absolute Gasteiger partial charge is 0.0471 e. The van der Waals surface area contributed by atoms with Gasteiger partial charge in [0.1, 0.15) is 0 Å². The highest BCUT2D eigenvalue weighted by Gasteiger charge is 2.09. The second-order valence-corrected chi connectivity index (χ2v) is 4.14. The SMILES string of the molecule is Cc1ccc(CNC(C)C(C)CO)cn1. The molecule has 0 amide bonds. The van der Waals surface area contributed by atoms with Gasteiger partial charge >= 0.3 is 0 Å². The van der Waals surface area contributed by atoms with Gasteiger partial charge in [0.05, 0.1) is 0 Å². The van der Waals surface area contributed by atoms with E-state index in [2.05, 4.69) is 23.3 Å². The van der Waals surface area contributed by atoms with Gasteiger partial charge < -0.3 is 10.4 Å². The summed E-state index contributed by atoms with van der Waals surface area (Å²) in [5.41, 5.74) is 2.22. The molecule has 1 heterocycles. The molecule has 1 rings (SSSR count). The van der Waals surface area contributed by atoms with E-state index in [9.17, 15) is 0 Å². The normalized spacial score (nSPS) is 14.9. The number of hydrogen-bond acceptors (Lipinski definition) is 3. The highest BCUT2D eigenvalue weighted by molar-refractivity contribution is 5.12. The molecule has 84 valence electrons. The van der Waals surface area contributed by atoms with Crippen molar-refractivity contribution in [3.05, 3.63) is 29.6 Å². The highest BCUT2D eigenvalue weighted by Crippen LogP contribution is 2.03. The second-order valence-electron chi connectivity index (χ2n) is 4.14. The van der Waals surface area contributed by atoms with Gasteiger partial charge in [-0.1, -0.05) is 13.0 Å². The van der Waals surface area contributed by atoms with E-state index in [1.165, 1.54) is 5.56 Å². The Morgan fingerprint density at radius 1 is 1.40 bits per heavy atom. The van der Waals surface area contributed by atoms with Crippen LogP contribution in [0.1, 0.15) is 25.1 Å². The second kappa shape index (κ2) is 5.83. The zero-order valence-electron chi connectivity index (χ0n) is 9.70. The Kier molecular flexibility index (Phi) is 4.72. The summed E-state index contributed by atoms with van der Waals surface area (Å²) in [6.45, 7) is 7.13. The molecular formula is C12H20N2O. The van der Waals surface area contributed by atoms with Crippen molar-refractivity contribution in [2.75, 3.05) is 6.61 Å². The first-order valence-corrected chi connectivity index (χ1v) is 5.39. The maximum absolute atomic E-state index is 8.99. The monoisotopic (exact) mass is 208 g/mol. The summed E-state index contributed by atoms with van der Waals surface area (Å²) in [6, 6.07) is 4.40. The van der Waals surface area contributed by atoms with Crippen LogP contribution in [0.5, 0.6) is 0 Å². The highest BCUT2D eigenvalue weighted by atomic mass is 16.3. The largest absolute Gasteiger partial charge is 0.396 e. The summed E-state index contributed by atoms with van der Waals surface area (Å²) in [5.74, 6) is 0.281. The van der Waals surface area contributed by atoms with Crippen LogP contribution < -0.4 is 5.32 Å². The van der Waals surface area contributed by atoms with E-state index < -0.39 is 0 Å². The van der Waals surface area contributed by atoms with Gasteiger partial charge in [-0.05, 0) is 31.4 Å². The molecular weight excluding hydrogens is 188 g/mol. The number of aromatic nitrogens is 1. The summed E-state index contributed by atoms with van der Waals surface area (Å²) < 4.78 is 0. The van der Waals surface area contributed by atoms with Crippen molar-refractivity contribution in [3.8, 4) is 0 Å². The minimum atomic E-state index is 0.223. The van der Waals surface area contributed by atoms with Gasteiger partial charge in [-0.15, -0.1) is 0 Å². The number of pyridine rings is 1. The first-order valence-electron chi connectivity index (χ1n) is 5.39.